The van der Waals surface area contributed by atoms with Gasteiger partial charge in [-0.3, -0.25) is 9.59 Å². The second-order valence-electron chi connectivity index (χ2n) is 6.64. The Labute approximate surface area is 154 Å². The summed E-state index contributed by atoms with van der Waals surface area (Å²) in [6.07, 6.45) is 2.73. The number of ether oxygens (including phenoxy) is 1. The van der Waals surface area contributed by atoms with Gasteiger partial charge in [-0.15, -0.1) is 0 Å². The van der Waals surface area contributed by atoms with Crippen LogP contribution in [0.3, 0.4) is 0 Å². The van der Waals surface area contributed by atoms with Crippen LogP contribution in [0.15, 0.2) is 36.4 Å². The summed E-state index contributed by atoms with van der Waals surface area (Å²) in [5, 5.41) is 8.03. The number of rotatable bonds is 7. The van der Waals surface area contributed by atoms with Crippen molar-refractivity contribution >= 4 is 23.6 Å². The van der Waals surface area contributed by atoms with E-state index in [0.29, 0.717) is 12.2 Å². The summed E-state index contributed by atoms with van der Waals surface area (Å²) in [5.41, 5.74) is 1.03. The van der Waals surface area contributed by atoms with E-state index in [1.165, 1.54) is 6.08 Å². The number of hydrogen-bond acceptors (Lipinski definition) is 4. The zero-order chi connectivity index (χ0) is 19.6. The first kappa shape index (κ1) is 21.2. The fourth-order valence-corrected chi connectivity index (χ4v) is 1.92. The van der Waals surface area contributed by atoms with E-state index in [4.69, 9.17) is 4.74 Å². The first-order chi connectivity index (χ1) is 12.2. The predicted octanol–water partition coefficient (Wildman–Crippen LogP) is 2.73. The van der Waals surface area contributed by atoms with Gasteiger partial charge in [0.05, 0.1) is 0 Å². The zero-order valence-electron chi connectivity index (χ0n) is 15.7. The number of amides is 3. The third-order valence-corrected chi connectivity index (χ3v) is 3.05. The van der Waals surface area contributed by atoms with Crippen molar-refractivity contribution in [1.82, 2.24) is 10.6 Å². The monoisotopic (exact) mass is 361 g/mol. The van der Waals surface area contributed by atoms with Crippen molar-refractivity contribution in [2.24, 2.45) is 0 Å². The molecule has 7 heteroatoms. The molecule has 26 heavy (non-hydrogen) atoms. The molecule has 7 nitrogen and oxygen atoms in total. The number of allylic oxidation sites excluding steroid dienone is 1. The number of hydrogen-bond donors (Lipinski definition) is 3. The van der Waals surface area contributed by atoms with Gasteiger partial charge in [0.15, 0.2) is 0 Å². The van der Waals surface area contributed by atoms with E-state index in [2.05, 4.69) is 16.0 Å². The molecule has 0 fully saturated rings. The maximum absolute atomic E-state index is 11.8. The van der Waals surface area contributed by atoms with Crippen LogP contribution in [-0.4, -0.2) is 30.1 Å². The van der Waals surface area contributed by atoms with Crippen LogP contribution < -0.4 is 16.0 Å². The van der Waals surface area contributed by atoms with Crippen molar-refractivity contribution in [3.8, 4) is 0 Å². The van der Waals surface area contributed by atoms with Crippen LogP contribution in [0.25, 0.3) is 0 Å². The SMILES string of the molecule is C/C=C/C(=O)Nc1ccc(CNC(=O)CCNC(=O)OC(C)(C)C)cc1. The minimum Gasteiger partial charge on any atom is -0.444 e. The lowest BCUT2D eigenvalue weighted by atomic mass is 10.2. The van der Waals surface area contributed by atoms with Crippen molar-refractivity contribution in [2.45, 2.75) is 46.3 Å². The molecule has 0 saturated heterocycles. The molecule has 0 heterocycles. The smallest absolute Gasteiger partial charge is 0.407 e. The van der Waals surface area contributed by atoms with Crippen molar-refractivity contribution in [1.29, 1.82) is 0 Å². The van der Waals surface area contributed by atoms with E-state index < -0.39 is 11.7 Å². The van der Waals surface area contributed by atoms with Crippen LogP contribution in [0.1, 0.15) is 39.7 Å². The second-order valence-corrected chi connectivity index (χ2v) is 6.64. The van der Waals surface area contributed by atoms with E-state index >= 15 is 0 Å². The van der Waals surface area contributed by atoms with Crippen molar-refractivity contribution in [3.05, 3.63) is 42.0 Å². The number of carbonyl (C=O) groups excluding carboxylic acids is 3. The summed E-state index contributed by atoms with van der Waals surface area (Å²) in [5.74, 6) is -0.363. The minimum absolute atomic E-state index is 0.163. The minimum atomic E-state index is -0.565. The second kappa shape index (κ2) is 10.2. The summed E-state index contributed by atoms with van der Waals surface area (Å²) in [6, 6.07) is 7.19. The molecule has 1 aromatic rings. The Morgan fingerprint density at radius 3 is 2.31 bits per heavy atom. The Morgan fingerprint density at radius 1 is 1.08 bits per heavy atom. The maximum atomic E-state index is 11.8. The van der Waals surface area contributed by atoms with Crippen LogP contribution >= 0.6 is 0 Å². The van der Waals surface area contributed by atoms with Gasteiger partial charge in [-0.25, -0.2) is 4.79 Å². The van der Waals surface area contributed by atoms with Crippen LogP contribution in [0.5, 0.6) is 0 Å². The topological polar surface area (TPSA) is 96.5 Å². The summed E-state index contributed by atoms with van der Waals surface area (Å²) < 4.78 is 5.09. The number of carbonyl (C=O) groups is 3. The van der Waals surface area contributed by atoms with Gasteiger partial charge in [0.25, 0.3) is 0 Å². The molecular weight excluding hydrogens is 334 g/mol. The van der Waals surface area contributed by atoms with E-state index in [-0.39, 0.29) is 24.8 Å². The highest BCUT2D eigenvalue weighted by atomic mass is 16.6. The molecular formula is C19H27N3O4. The highest BCUT2D eigenvalue weighted by Crippen LogP contribution is 2.09. The maximum Gasteiger partial charge on any atom is 0.407 e. The van der Waals surface area contributed by atoms with Crippen molar-refractivity contribution in [3.63, 3.8) is 0 Å². The van der Waals surface area contributed by atoms with Gasteiger partial charge in [-0.05, 0) is 51.5 Å². The highest BCUT2D eigenvalue weighted by molar-refractivity contribution is 5.99. The fraction of sp³-hybridized carbons (Fsp3) is 0.421. The summed E-state index contributed by atoms with van der Waals surface area (Å²) in [6.45, 7) is 7.67. The van der Waals surface area contributed by atoms with Gasteiger partial charge >= 0.3 is 6.09 Å². The summed E-state index contributed by atoms with van der Waals surface area (Å²) >= 11 is 0. The van der Waals surface area contributed by atoms with Crippen LogP contribution in [0.4, 0.5) is 10.5 Å². The average molecular weight is 361 g/mol. The molecule has 0 atom stereocenters. The molecule has 0 spiro atoms. The van der Waals surface area contributed by atoms with Gasteiger partial charge in [-0.1, -0.05) is 18.2 Å². The molecule has 1 aromatic carbocycles. The lowest BCUT2D eigenvalue weighted by Gasteiger charge is -2.19. The third kappa shape index (κ3) is 9.46. The number of alkyl carbamates (subject to hydrolysis) is 1. The molecule has 3 amide bonds. The number of nitrogens with one attached hydrogen (secondary N) is 3. The fourth-order valence-electron chi connectivity index (χ4n) is 1.92. The molecule has 0 bridgehead atoms. The highest BCUT2D eigenvalue weighted by Gasteiger charge is 2.15. The Kier molecular flexibility index (Phi) is 8.34. The molecule has 0 unspecified atom stereocenters. The van der Waals surface area contributed by atoms with Crippen LogP contribution in [0.2, 0.25) is 0 Å². The Hall–Kier alpha value is -2.83. The molecule has 0 aliphatic rings. The molecule has 0 aliphatic carbocycles. The molecule has 0 saturated carbocycles. The average Bonchev–Trinajstić information content (AvgIpc) is 2.52. The zero-order valence-corrected chi connectivity index (χ0v) is 15.7. The lowest BCUT2D eigenvalue weighted by molar-refractivity contribution is -0.121. The van der Waals surface area contributed by atoms with E-state index in [1.807, 2.05) is 12.1 Å². The molecule has 3 N–H and O–H groups in total. The summed E-state index contributed by atoms with van der Waals surface area (Å²) in [7, 11) is 0. The standard InChI is InChI=1S/C19H27N3O4/c1-5-6-17(24)22-15-9-7-14(8-10-15)13-21-16(23)11-12-20-18(25)26-19(2,3)4/h5-10H,11-13H2,1-4H3,(H,20,25)(H,21,23)(H,22,24)/b6-5+. The normalized spacial score (nSPS) is 11.1. The first-order valence-electron chi connectivity index (χ1n) is 8.46. The molecule has 0 aromatic heterocycles. The largest absolute Gasteiger partial charge is 0.444 e. The lowest BCUT2D eigenvalue weighted by Crippen LogP contribution is -2.35. The number of benzene rings is 1. The van der Waals surface area contributed by atoms with Gasteiger partial charge in [-0.2, -0.15) is 0 Å². The quantitative estimate of drug-likeness (QED) is 0.651. The Bertz CT molecular complexity index is 646. The molecule has 0 aliphatic heterocycles. The number of anilines is 1. The van der Waals surface area contributed by atoms with Gasteiger partial charge in [0.2, 0.25) is 11.8 Å². The van der Waals surface area contributed by atoms with E-state index in [0.717, 1.165) is 5.56 Å². The van der Waals surface area contributed by atoms with Gasteiger partial charge < -0.3 is 20.7 Å². The molecule has 0 radical (unpaired) electrons. The van der Waals surface area contributed by atoms with Crippen LogP contribution in [-0.2, 0) is 20.9 Å². The summed E-state index contributed by atoms with van der Waals surface area (Å²) in [4.78, 5) is 34.7. The van der Waals surface area contributed by atoms with E-state index in [9.17, 15) is 14.4 Å². The predicted molar refractivity (Wildman–Crippen MR) is 101 cm³/mol. The first-order valence-corrected chi connectivity index (χ1v) is 8.46. The third-order valence-electron chi connectivity index (χ3n) is 3.05. The molecule has 1 rings (SSSR count). The van der Waals surface area contributed by atoms with Gasteiger partial charge in [0.1, 0.15) is 5.60 Å². The van der Waals surface area contributed by atoms with Crippen LogP contribution in [0, 0.1) is 0 Å². The Balaban J connectivity index is 2.30. The van der Waals surface area contributed by atoms with Crippen molar-refractivity contribution < 1.29 is 19.1 Å². The van der Waals surface area contributed by atoms with Crippen molar-refractivity contribution in [2.75, 3.05) is 11.9 Å². The van der Waals surface area contributed by atoms with Gasteiger partial charge in [0, 0.05) is 25.2 Å². The molecule has 142 valence electrons. The van der Waals surface area contributed by atoms with E-state index in [1.54, 1.807) is 45.9 Å². The Morgan fingerprint density at radius 2 is 1.73 bits per heavy atom.